The van der Waals surface area contributed by atoms with Crippen molar-refractivity contribution in [1.82, 2.24) is 0 Å². The lowest BCUT2D eigenvalue weighted by Crippen LogP contribution is -2.04. The van der Waals surface area contributed by atoms with Crippen molar-refractivity contribution in [3.8, 4) is 0 Å². The van der Waals surface area contributed by atoms with Gasteiger partial charge in [0.1, 0.15) is 6.61 Å². The van der Waals surface area contributed by atoms with E-state index in [-0.39, 0.29) is 5.97 Å². The molecule has 14 heavy (non-hydrogen) atoms. The Bertz CT molecular complexity index is 239. The van der Waals surface area contributed by atoms with Gasteiger partial charge in [-0.25, -0.2) is 0 Å². The molecule has 0 saturated carbocycles. The molecule has 1 aliphatic rings. The van der Waals surface area contributed by atoms with Gasteiger partial charge in [0, 0.05) is 6.42 Å². The standard InChI is InChI=1S/C12H18O2/c1-11-7-3-2-6-10-14-12(13)9-5-4-8-11/h2,6,8H,3-5,7,9-10H2,1H3/b6-2+,11-8+. The summed E-state index contributed by atoms with van der Waals surface area (Å²) >= 11 is 0. The van der Waals surface area contributed by atoms with E-state index in [1.807, 2.05) is 6.08 Å². The number of rotatable bonds is 0. The highest BCUT2D eigenvalue weighted by molar-refractivity contribution is 5.69. The molecule has 0 N–H and O–H groups in total. The highest BCUT2D eigenvalue weighted by Gasteiger charge is 2.00. The SMILES string of the molecule is C/C1=C\CCCC(=O)OC/C=C/CC1. The largest absolute Gasteiger partial charge is 0.461 e. The van der Waals surface area contributed by atoms with Gasteiger partial charge in [0.2, 0.25) is 0 Å². The molecule has 0 fully saturated rings. The van der Waals surface area contributed by atoms with Gasteiger partial charge in [-0.3, -0.25) is 4.79 Å². The molecule has 0 saturated heterocycles. The first-order valence-electron chi connectivity index (χ1n) is 5.25. The highest BCUT2D eigenvalue weighted by Crippen LogP contribution is 2.09. The number of hydrogen-bond acceptors (Lipinski definition) is 2. The summed E-state index contributed by atoms with van der Waals surface area (Å²) in [5, 5.41) is 0. The van der Waals surface area contributed by atoms with Gasteiger partial charge in [-0.15, -0.1) is 0 Å². The van der Waals surface area contributed by atoms with E-state index in [1.54, 1.807) is 0 Å². The van der Waals surface area contributed by atoms with Crippen LogP contribution in [0.25, 0.3) is 0 Å². The van der Waals surface area contributed by atoms with Crippen LogP contribution in [0, 0.1) is 0 Å². The predicted octanol–water partition coefficient (Wildman–Crippen LogP) is 3.00. The molecule has 0 aromatic heterocycles. The Labute approximate surface area is 85.6 Å². The molecule has 2 heteroatoms. The Balaban J connectivity index is 2.43. The van der Waals surface area contributed by atoms with Gasteiger partial charge >= 0.3 is 5.97 Å². The van der Waals surface area contributed by atoms with Crippen molar-refractivity contribution in [3.05, 3.63) is 23.8 Å². The number of carbonyl (C=O) groups excluding carboxylic acids is 1. The van der Waals surface area contributed by atoms with Crippen molar-refractivity contribution in [2.24, 2.45) is 0 Å². The van der Waals surface area contributed by atoms with Crippen molar-refractivity contribution < 1.29 is 9.53 Å². The van der Waals surface area contributed by atoms with Crippen LogP contribution in [0.5, 0.6) is 0 Å². The summed E-state index contributed by atoms with van der Waals surface area (Å²) in [5.74, 6) is -0.0822. The first-order valence-corrected chi connectivity index (χ1v) is 5.25. The lowest BCUT2D eigenvalue weighted by molar-refractivity contribution is -0.142. The van der Waals surface area contributed by atoms with Gasteiger partial charge in [-0.05, 0) is 32.6 Å². The molecule has 2 nitrogen and oxygen atoms in total. The second kappa shape index (κ2) is 6.41. The molecule has 0 unspecified atom stereocenters. The lowest BCUT2D eigenvalue weighted by atomic mass is 10.1. The van der Waals surface area contributed by atoms with Crippen LogP contribution in [0.3, 0.4) is 0 Å². The third-order valence-corrected chi connectivity index (χ3v) is 2.29. The number of cyclic esters (lactones) is 1. The van der Waals surface area contributed by atoms with Crippen LogP contribution in [0.1, 0.15) is 39.0 Å². The first kappa shape index (κ1) is 11.0. The molecule has 0 amide bonds. The zero-order chi connectivity index (χ0) is 10.2. The molecular formula is C12H18O2. The fourth-order valence-corrected chi connectivity index (χ4v) is 1.41. The molecule has 0 aliphatic carbocycles. The smallest absolute Gasteiger partial charge is 0.306 e. The molecule has 1 rings (SSSR count). The van der Waals surface area contributed by atoms with Crippen molar-refractivity contribution in [3.63, 3.8) is 0 Å². The van der Waals surface area contributed by atoms with Crippen molar-refractivity contribution in [2.75, 3.05) is 6.61 Å². The zero-order valence-electron chi connectivity index (χ0n) is 8.79. The van der Waals surface area contributed by atoms with Gasteiger partial charge < -0.3 is 4.74 Å². The third kappa shape index (κ3) is 4.85. The van der Waals surface area contributed by atoms with Gasteiger partial charge in [0.25, 0.3) is 0 Å². The van der Waals surface area contributed by atoms with Crippen LogP contribution in [0.15, 0.2) is 23.8 Å². The van der Waals surface area contributed by atoms with E-state index in [1.165, 1.54) is 5.57 Å². The molecule has 0 aromatic carbocycles. The third-order valence-electron chi connectivity index (χ3n) is 2.29. The number of carbonyl (C=O) groups is 1. The number of allylic oxidation sites excluding steroid dienone is 3. The summed E-state index contributed by atoms with van der Waals surface area (Å²) in [6.07, 6.45) is 10.8. The molecule has 0 spiro atoms. The fourth-order valence-electron chi connectivity index (χ4n) is 1.41. The van der Waals surface area contributed by atoms with Crippen molar-refractivity contribution in [1.29, 1.82) is 0 Å². The summed E-state index contributed by atoms with van der Waals surface area (Å²) in [6.45, 7) is 2.58. The van der Waals surface area contributed by atoms with Gasteiger partial charge in [-0.2, -0.15) is 0 Å². The molecular weight excluding hydrogens is 176 g/mol. The monoisotopic (exact) mass is 194 g/mol. The molecule has 78 valence electrons. The second-order valence-corrected chi connectivity index (χ2v) is 3.64. The average molecular weight is 194 g/mol. The van der Waals surface area contributed by atoms with E-state index in [0.717, 1.165) is 25.7 Å². The Hall–Kier alpha value is -1.05. The van der Waals surface area contributed by atoms with Crippen molar-refractivity contribution >= 4 is 5.97 Å². The molecule has 1 heterocycles. The van der Waals surface area contributed by atoms with E-state index >= 15 is 0 Å². The van der Waals surface area contributed by atoms with Crippen LogP contribution in [0.2, 0.25) is 0 Å². The van der Waals surface area contributed by atoms with E-state index in [0.29, 0.717) is 13.0 Å². The van der Waals surface area contributed by atoms with Crippen LogP contribution >= 0.6 is 0 Å². The van der Waals surface area contributed by atoms with Crippen LogP contribution < -0.4 is 0 Å². The molecule has 0 bridgehead atoms. The second-order valence-electron chi connectivity index (χ2n) is 3.64. The molecule has 0 atom stereocenters. The van der Waals surface area contributed by atoms with E-state index in [4.69, 9.17) is 4.74 Å². The summed E-state index contributed by atoms with van der Waals surface area (Å²) < 4.78 is 5.00. The Morgan fingerprint density at radius 3 is 2.93 bits per heavy atom. The quantitative estimate of drug-likeness (QED) is 0.437. The average Bonchev–Trinajstić information content (AvgIpc) is 2.16. The zero-order valence-corrected chi connectivity index (χ0v) is 8.79. The van der Waals surface area contributed by atoms with E-state index < -0.39 is 0 Å². The first-order chi connectivity index (χ1) is 6.79. The normalized spacial score (nSPS) is 26.4. The predicted molar refractivity (Wildman–Crippen MR) is 56.9 cm³/mol. The minimum absolute atomic E-state index is 0.0822. The minimum Gasteiger partial charge on any atom is -0.461 e. The Morgan fingerprint density at radius 1 is 1.21 bits per heavy atom. The number of ether oxygens (including phenoxy) is 1. The van der Waals surface area contributed by atoms with Gasteiger partial charge in [0.15, 0.2) is 0 Å². The van der Waals surface area contributed by atoms with Gasteiger partial charge in [0.05, 0.1) is 0 Å². The number of esters is 1. The molecule has 0 aromatic rings. The van der Waals surface area contributed by atoms with Crippen LogP contribution in [0.4, 0.5) is 0 Å². The van der Waals surface area contributed by atoms with E-state index in [9.17, 15) is 4.79 Å². The maximum atomic E-state index is 11.1. The molecule has 1 aliphatic heterocycles. The molecule has 0 radical (unpaired) electrons. The fraction of sp³-hybridized carbons (Fsp3) is 0.583. The summed E-state index contributed by atoms with van der Waals surface area (Å²) in [7, 11) is 0. The maximum Gasteiger partial charge on any atom is 0.306 e. The van der Waals surface area contributed by atoms with E-state index in [2.05, 4.69) is 19.1 Å². The van der Waals surface area contributed by atoms with Gasteiger partial charge in [-0.1, -0.05) is 23.8 Å². The minimum atomic E-state index is -0.0822. The summed E-state index contributed by atoms with van der Waals surface area (Å²) in [4.78, 5) is 11.1. The highest BCUT2D eigenvalue weighted by atomic mass is 16.5. The number of hydrogen-bond donors (Lipinski definition) is 0. The van der Waals surface area contributed by atoms with Crippen molar-refractivity contribution in [2.45, 2.75) is 39.0 Å². The lowest BCUT2D eigenvalue weighted by Gasteiger charge is -2.03. The Morgan fingerprint density at radius 2 is 2.07 bits per heavy atom. The summed E-state index contributed by atoms with van der Waals surface area (Å²) in [6, 6.07) is 0. The maximum absolute atomic E-state index is 11.1. The summed E-state index contributed by atoms with van der Waals surface area (Å²) in [5.41, 5.74) is 1.42. The van der Waals surface area contributed by atoms with Crippen LogP contribution in [-0.4, -0.2) is 12.6 Å². The van der Waals surface area contributed by atoms with Crippen LogP contribution in [-0.2, 0) is 9.53 Å². The Kier molecular flexibility index (Phi) is 5.05. The topological polar surface area (TPSA) is 26.3 Å².